The van der Waals surface area contributed by atoms with Crippen molar-refractivity contribution in [3.05, 3.63) is 44.8 Å². The van der Waals surface area contributed by atoms with Crippen molar-refractivity contribution >= 4 is 40.2 Å². The Bertz CT molecular complexity index is 964. The molecule has 10 heteroatoms. The third-order valence-electron chi connectivity index (χ3n) is 6.39. The van der Waals surface area contributed by atoms with Crippen molar-refractivity contribution in [2.75, 3.05) is 65.6 Å². The maximum Gasteiger partial charge on any atom is 0.257 e. The fourth-order valence-corrected chi connectivity index (χ4v) is 6.04. The third-order valence-corrected chi connectivity index (χ3v) is 8.28. The van der Waals surface area contributed by atoms with Crippen LogP contribution in [-0.4, -0.2) is 103 Å². The number of hydrazone groups is 1. The quantitative estimate of drug-likeness (QED) is 0.623. The van der Waals surface area contributed by atoms with Crippen molar-refractivity contribution in [1.29, 1.82) is 0 Å². The number of thiophene rings is 2. The first kappa shape index (κ1) is 22.7. The Morgan fingerprint density at radius 2 is 1.58 bits per heavy atom. The summed E-state index contributed by atoms with van der Waals surface area (Å²) in [5.41, 5.74) is 0.989. The summed E-state index contributed by atoms with van der Waals surface area (Å²) in [6.45, 7) is 6.57. The summed E-state index contributed by atoms with van der Waals surface area (Å²) in [6, 6.07) is 8.19. The van der Waals surface area contributed by atoms with Crippen LogP contribution in [0.15, 0.2) is 40.1 Å². The zero-order valence-corrected chi connectivity index (χ0v) is 20.2. The van der Waals surface area contributed by atoms with Crippen LogP contribution in [0.2, 0.25) is 0 Å². The molecule has 0 N–H and O–H groups in total. The van der Waals surface area contributed by atoms with Gasteiger partial charge >= 0.3 is 0 Å². The van der Waals surface area contributed by atoms with Crippen LogP contribution in [-0.2, 0) is 14.3 Å². The smallest absolute Gasteiger partial charge is 0.257 e. The van der Waals surface area contributed by atoms with Crippen LogP contribution in [0.3, 0.4) is 0 Å². The highest BCUT2D eigenvalue weighted by molar-refractivity contribution is 7.12. The summed E-state index contributed by atoms with van der Waals surface area (Å²) in [4.78, 5) is 34.4. The standard InChI is InChI=1S/C23H29N5O3S2/c29-22(27-9-11-31-12-10-27)16-25-5-7-26(8-6-25)17-23(30)28-19(21-4-2-14-33-21)15-18(24-28)20-3-1-13-32-20/h1-4,13-14,19H,5-12,15-17H2/t19-/m0/s1. The highest BCUT2D eigenvalue weighted by Crippen LogP contribution is 2.36. The molecule has 0 saturated carbocycles. The molecule has 2 saturated heterocycles. The molecule has 8 nitrogen and oxygen atoms in total. The summed E-state index contributed by atoms with van der Waals surface area (Å²) in [6.07, 6.45) is 0.754. The maximum absolute atomic E-state index is 13.3. The number of carbonyl (C=O) groups excluding carboxylic acids is 2. The molecule has 0 aliphatic carbocycles. The monoisotopic (exact) mass is 487 g/mol. The molecular weight excluding hydrogens is 458 g/mol. The maximum atomic E-state index is 13.3. The molecule has 1 atom stereocenters. The molecule has 2 aromatic rings. The molecule has 5 heterocycles. The van der Waals surface area contributed by atoms with Gasteiger partial charge < -0.3 is 9.64 Å². The van der Waals surface area contributed by atoms with E-state index in [2.05, 4.69) is 27.3 Å². The van der Waals surface area contributed by atoms with E-state index in [1.807, 2.05) is 22.4 Å². The van der Waals surface area contributed by atoms with Crippen LogP contribution in [0.1, 0.15) is 22.2 Å². The number of piperazine rings is 1. The average Bonchev–Trinajstić information content (AvgIpc) is 3.62. The molecule has 176 valence electrons. The molecule has 2 aromatic heterocycles. The Labute approximate surface area is 202 Å². The Kier molecular flexibility index (Phi) is 7.17. The molecule has 2 fully saturated rings. The van der Waals surface area contributed by atoms with Gasteiger partial charge in [-0.1, -0.05) is 12.1 Å². The minimum Gasteiger partial charge on any atom is -0.378 e. The zero-order valence-electron chi connectivity index (χ0n) is 18.6. The number of hydrogen-bond acceptors (Lipinski definition) is 8. The van der Waals surface area contributed by atoms with Gasteiger partial charge in [-0.25, -0.2) is 5.01 Å². The van der Waals surface area contributed by atoms with E-state index in [1.54, 1.807) is 27.7 Å². The first-order chi connectivity index (χ1) is 16.2. The minimum absolute atomic E-state index is 0.0259. The van der Waals surface area contributed by atoms with Crippen molar-refractivity contribution in [2.45, 2.75) is 12.5 Å². The Hall–Kier alpha value is -2.11. The largest absolute Gasteiger partial charge is 0.378 e. The van der Waals surface area contributed by atoms with Crippen molar-refractivity contribution in [1.82, 2.24) is 19.7 Å². The molecule has 2 amide bonds. The van der Waals surface area contributed by atoms with Crippen LogP contribution in [0.4, 0.5) is 0 Å². The molecule has 0 spiro atoms. The third kappa shape index (κ3) is 5.36. The summed E-state index contributed by atoms with van der Waals surface area (Å²) in [7, 11) is 0. The number of amides is 2. The van der Waals surface area contributed by atoms with E-state index < -0.39 is 0 Å². The molecule has 0 unspecified atom stereocenters. The predicted molar refractivity (Wildman–Crippen MR) is 130 cm³/mol. The number of morpholine rings is 1. The van der Waals surface area contributed by atoms with Crippen LogP contribution in [0, 0.1) is 0 Å². The van der Waals surface area contributed by atoms with E-state index in [1.165, 1.54) is 4.88 Å². The Morgan fingerprint density at radius 3 is 2.21 bits per heavy atom. The molecule has 5 rings (SSSR count). The van der Waals surface area contributed by atoms with Crippen molar-refractivity contribution < 1.29 is 14.3 Å². The highest BCUT2D eigenvalue weighted by atomic mass is 32.1. The van der Waals surface area contributed by atoms with Crippen LogP contribution >= 0.6 is 22.7 Å². The minimum atomic E-state index is -0.0259. The van der Waals surface area contributed by atoms with Crippen LogP contribution < -0.4 is 0 Å². The van der Waals surface area contributed by atoms with Crippen LogP contribution in [0.5, 0.6) is 0 Å². The number of nitrogens with zero attached hydrogens (tertiary/aromatic N) is 5. The summed E-state index contributed by atoms with van der Waals surface area (Å²) < 4.78 is 5.33. The fourth-order valence-electron chi connectivity index (χ4n) is 4.51. The Balaban J connectivity index is 1.16. The zero-order chi connectivity index (χ0) is 22.6. The molecule has 0 radical (unpaired) electrons. The van der Waals surface area contributed by atoms with Crippen molar-refractivity contribution in [2.24, 2.45) is 5.10 Å². The van der Waals surface area contributed by atoms with Gasteiger partial charge in [0.15, 0.2) is 0 Å². The second-order valence-corrected chi connectivity index (χ2v) is 10.5. The summed E-state index contributed by atoms with van der Waals surface area (Å²) in [5, 5.41) is 10.6. The van der Waals surface area contributed by atoms with Gasteiger partial charge in [-0.2, -0.15) is 5.10 Å². The van der Waals surface area contributed by atoms with E-state index in [9.17, 15) is 9.59 Å². The first-order valence-corrected chi connectivity index (χ1v) is 13.2. The molecule has 33 heavy (non-hydrogen) atoms. The molecule has 0 bridgehead atoms. The average molecular weight is 488 g/mol. The van der Waals surface area contributed by atoms with Gasteiger partial charge in [0, 0.05) is 50.6 Å². The van der Waals surface area contributed by atoms with Gasteiger partial charge in [0.05, 0.1) is 42.9 Å². The van der Waals surface area contributed by atoms with Gasteiger partial charge in [-0.3, -0.25) is 19.4 Å². The van der Waals surface area contributed by atoms with E-state index >= 15 is 0 Å². The SMILES string of the molecule is O=C(CN1CCN(CC(=O)N2N=C(c3cccs3)C[C@H]2c2cccs2)CC1)N1CCOCC1. The van der Waals surface area contributed by atoms with E-state index in [0.717, 1.165) is 43.2 Å². The normalized spacial score (nSPS) is 22.5. The van der Waals surface area contributed by atoms with E-state index in [4.69, 9.17) is 9.84 Å². The summed E-state index contributed by atoms with van der Waals surface area (Å²) >= 11 is 3.34. The number of hydrogen-bond donors (Lipinski definition) is 0. The number of ether oxygens (including phenoxy) is 1. The lowest BCUT2D eigenvalue weighted by Gasteiger charge is -2.36. The van der Waals surface area contributed by atoms with Crippen molar-refractivity contribution in [3.8, 4) is 0 Å². The lowest BCUT2D eigenvalue weighted by atomic mass is 10.1. The lowest BCUT2D eigenvalue weighted by Crippen LogP contribution is -2.53. The molecule has 3 aliphatic heterocycles. The fraction of sp³-hybridized carbons (Fsp3) is 0.522. The van der Waals surface area contributed by atoms with Gasteiger partial charge in [0.2, 0.25) is 5.91 Å². The molecular formula is C23H29N5O3S2. The second-order valence-electron chi connectivity index (χ2n) is 8.54. The topological polar surface area (TPSA) is 68.7 Å². The first-order valence-electron chi connectivity index (χ1n) is 11.4. The van der Waals surface area contributed by atoms with Gasteiger partial charge in [-0.15, -0.1) is 22.7 Å². The Morgan fingerprint density at radius 1 is 0.909 bits per heavy atom. The van der Waals surface area contributed by atoms with Gasteiger partial charge in [0.1, 0.15) is 0 Å². The van der Waals surface area contributed by atoms with E-state index in [0.29, 0.717) is 39.4 Å². The predicted octanol–water partition coefficient (Wildman–Crippen LogP) is 1.96. The number of carbonyl (C=O) groups is 2. The second kappa shape index (κ2) is 10.4. The van der Waals surface area contributed by atoms with Gasteiger partial charge in [0.25, 0.3) is 5.91 Å². The number of rotatable bonds is 6. The van der Waals surface area contributed by atoms with Crippen LogP contribution in [0.25, 0.3) is 0 Å². The molecule has 3 aliphatic rings. The lowest BCUT2D eigenvalue weighted by molar-refractivity contribution is -0.138. The van der Waals surface area contributed by atoms with Crippen molar-refractivity contribution in [3.63, 3.8) is 0 Å². The molecule has 0 aromatic carbocycles. The summed E-state index contributed by atoms with van der Waals surface area (Å²) in [5.74, 6) is 0.215. The van der Waals surface area contributed by atoms with E-state index in [-0.39, 0.29) is 17.9 Å². The highest BCUT2D eigenvalue weighted by Gasteiger charge is 2.35. The van der Waals surface area contributed by atoms with Gasteiger partial charge in [-0.05, 0) is 22.9 Å².